The van der Waals surface area contributed by atoms with Gasteiger partial charge in [-0.25, -0.2) is 4.79 Å². The number of nitrogens with one attached hydrogen (secondary N) is 1. The maximum Gasteiger partial charge on any atom is 0.406 e. The molecule has 1 atom stereocenters. The lowest BCUT2D eigenvalue weighted by Crippen LogP contribution is -2.44. The maximum absolute atomic E-state index is 12.2. The predicted octanol–water partition coefficient (Wildman–Crippen LogP) is 2.41. The first-order valence-corrected chi connectivity index (χ1v) is 6.04. The summed E-state index contributed by atoms with van der Waals surface area (Å²) in [5.74, 6) is -1.16. The Labute approximate surface area is 119 Å². The summed E-state index contributed by atoms with van der Waals surface area (Å²) in [5, 5.41) is 11.1. The van der Waals surface area contributed by atoms with E-state index in [1.807, 2.05) is 0 Å². The van der Waals surface area contributed by atoms with Crippen LogP contribution in [0.1, 0.15) is 18.0 Å². The van der Waals surface area contributed by atoms with Crippen LogP contribution in [0.3, 0.4) is 0 Å². The van der Waals surface area contributed by atoms with E-state index in [-0.39, 0.29) is 0 Å². The highest BCUT2D eigenvalue weighted by Crippen LogP contribution is 2.19. The van der Waals surface area contributed by atoms with Gasteiger partial charge in [0.15, 0.2) is 0 Å². The van der Waals surface area contributed by atoms with Crippen molar-refractivity contribution >= 4 is 12.0 Å². The lowest BCUT2D eigenvalue weighted by Gasteiger charge is -2.23. The number of amides is 2. The van der Waals surface area contributed by atoms with Crippen molar-refractivity contribution in [3.05, 3.63) is 35.9 Å². The summed E-state index contributed by atoms with van der Waals surface area (Å²) in [4.78, 5) is 23.0. The van der Waals surface area contributed by atoms with Crippen LogP contribution < -0.4 is 5.32 Å². The molecule has 1 unspecified atom stereocenters. The number of aliphatic carboxylic acids is 1. The summed E-state index contributed by atoms with van der Waals surface area (Å²) in [6, 6.07) is 6.31. The standard InChI is InChI=1S/C13H15F3N2O3/c1-18(8-13(14,15)16)12(21)17-10(7-11(19)20)9-5-3-2-4-6-9/h2-6,10H,7-8H2,1H3,(H,17,21)(H,19,20). The second kappa shape index (κ2) is 6.96. The minimum Gasteiger partial charge on any atom is -0.481 e. The van der Waals surface area contributed by atoms with Crippen LogP contribution in [0, 0.1) is 0 Å². The van der Waals surface area contributed by atoms with E-state index in [1.165, 1.54) is 0 Å². The summed E-state index contributed by atoms with van der Waals surface area (Å²) in [6.07, 6.45) is -4.93. The Kier molecular flexibility index (Phi) is 5.57. The number of carbonyl (C=O) groups excluding carboxylic acids is 1. The highest BCUT2D eigenvalue weighted by atomic mass is 19.4. The molecule has 1 aromatic rings. The average molecular weight is 304 g/mol. The topological polar surface area (TPSA) is 69.6 Å². The Bertz CT molecular complexity index is 491. The summed E-state index contributed by atoms with van der Waals surface area (Å²) >= 11 is 0. The molecule has 0 aliphatic rings. The van der Waals surface area contributed by atoms with Crippen LogP contribution in [0.2, 0.25) is 0 Å². The fourth-order valence-electron chi connectivity index (χ4n) is 1.71. The zero-order valence-electron chi connectivity index (χ0n) is 11.2. The number of rotatable bonds is 5. The zero-order chi connectivity index (χ0) is 16.0. The molecule has 0 aliphatic carbocycles. The molecule has 0 fully saturated rings. The van der Waals surface area contributed by atoms with Crippen LogP contribution in [0.15, 0.2) is 30.3 Å². The molecule has 1 rings (SSSR count). The average Bonchev–Trinajstić information content (AvgIpc) is 2.36. The zero-order valence-corrected chi connectivity index (χ0v) is 11.2. The first-order valence-electron chi connectivity index (χ1n) is 6.04. The third-order valence-corrected chi connectivity index (χ3v) is 2.64. The van der Waals surface area contributed by atoms with E-state index >= 15 is 0 Å². The molecule has 21 heavy (non-hydrogen) atoms. The van der Waals surface area contributed by atoms with E-state index in [9.17, 15) is 22.8 Å². The van der Waals surface area contributed by atoms with Crippen molar-refractivity contribution in [3.63, 3.8) is 0 Å². The molecule has 0 spiro atoms. The smallest absolute Gasteiger partial charge is 0.406 e. The molecule has 116 valence electrons. The second-order valence-electron chi connectivity index (χ2n) is 4.48. The van der Waals surface area contributed by atoms with Gasteiger partial charge in [-0.2, -0.15) is 13.2 Å². The van der Waals surface area contributed by atoms with Crippen molar-refractivity contribution in [1.82, 2.24) is 10.2 Å². The maximum atomic E-state index is 12.2. The normalized spacial score (nSPS) is 12.6. The van der Waals surface area contributed by atoms with Crippen molar-refractivity contribution in [2.45, 2.75) is 18.6 Å². The Morgan fingerprint density at radius 2 is 1.86 bits per heavy atom. The van der Waals surface area contributed by atoms with Crippen LogP contribution in [-0.4, -0.2) is 41.8 Å². The van der Waals surface area contributed by atoms with E-state index in [0.29, 0.717) is 10.5 Å². The largest absolute Gasteiger partial charge is 0.481 e. The lowest BCUT2D eigenvalue weighted by atomic mass is 10.0. The summed E-state index contributed by atoms with van der Waals surface area (Å²) in [6.45, 7) is -1.41. The SMILES string of the molecule is CN(CC(F)(F)F)C(=O)NC(CC(=O)O)c1ccccc1. The number of carboxylic acids is 1. The number of alkyl halides is 3. The molecule has 0 saturated heterocycles. The number of nitrogens with zero attached hydrogens (tertiary/aromatic N) is 1. The van der Waals surface area contributed by atoms with E-state index < -0.39 is 37.2 Å². The quantitative estimate of drug-likeness (QED) is 0.877. The Morgan fingerprint density at radius 3 is 2.33 bits per heavy atom. The molecule has 0 aromatic heterocycles. The fraction of sp³-hybridized carbons (Fsp3) is 0.385. The van der Waals surface area contributed by atoms with Crippen LogP contribution in [0.5, 0.6) is 0 Å². The van der Waals surface area contributed by atoms with Gasteiger partial charge in [0, 0.05) is 7.05 Å². The van der Waals surface area contributed by atoms with Gasteiger partial charge in [-0.3, -0.25) is 4.79 Å². The van der Waals surface area contributed by atoms with Gasteiger partial charge in [-0.1, -0.05) is 30.3 Å². The molecule has 0 saturated carbocycles. The van der Waals surface area contributed by atoms with E-state index in [2.05, 4.69) is 5.32 Å². The van der Waals surface area contributed by atoms with E-state index in [1.54, 1.807) is 30.3 Å². The highest BCUT2D eigenvalue weighted by molar-refractivity contribution is 5.76. The number of carbonyl (C=O) groups is 2. The van der Waals surface area contributed by atoms with Gasteiger partial charge in [0.2, 0.25) is 0 Å². The van der Waals surface area contributed by atoms with Crippen molar-refractivity contribution in [3.8, 4) is 0 Å². The highest BCUT2D eigenvalue weighted by Gasteiger charge is 2.32. The van der Waals surface area contributed by atoms with Crippen molar-refractivity contribution in [2.24, 2.45) is 0 Å². The minimum atomic E-state index is -4.51. The predicted molar refractivity (Wildman–Crippen MR) is 68.7 cm³/mol. The van der Waals surface area contributed by atoms with Gasteiger partial charge >= 0.3 is 18.2 Å². The number of hydrogen-bond acceptors (Lipinski definition) is 2. The second-order valence-corrected chi connectivity index (χ2v) is 4.48. The molecular weight excluding hydrogens is 289 g/mol. The molecule has 8 heteroatoms. The summed E-state index contributed by atoms with van der Waals surface area (Å²) in [7, 11) is 0.992. The third kappa shape index (κ3) is 6.15. The molecule has 0 aliphatic heterocycles. The van der Waals surface area contributed by atoms with Crippen LogP contribution in [0.25, 0.3) is 0 Å². The monoisotopic (exact) mass is 304 g/mol. The number of carboxylic acid groups (broad SMARTS) is 1. The molecule has 0 heterocycles. The van der Waals surface area contributed by atoms with Crippen molar-refractivity contribution in [1.29, 1.82) is 0 Å². The fourth-order valence-corrected chi connectivity index (χ4v) is 1.71. The first kappa shape index (κ1) is 16.8. The Balaban J connectivity index is 2.77. The summed E-state index contributed by atoms with van der Waals surface area (Å²) in [5.41, 5.74) is 0.508. The molecule has 0 radical (unpaired) electrons. The number of benzene rings is 1. The van der Waals surface area contributed by atoms with Gasteiger partial charge in [0.25, 0.3) is 0 Å². The number of halogens is 3. The van der Waals surface area contributed by atoms with Gasteiger partial charge in [0.05, 0.1) is 12.5 Å². The minimum absolute atomic E-state index is 0.421. The Hall–Kier alpha value is -2.25. The lowest BCUT2D eigenvalue weighted by molar-refractivity contribution is -0.139. The van der Waals surface area contributed by atoms with Crippen molar-refractivity contribution in [2.75, 3.05) is 13.6 Å². The van der Waals surface area contributed by atoms with Gasteiger partial charge < -0.3 is 15.3 Å². The molecule has 1 aromatic carbocycles. The van der Waals surface area contributed by atoms with Gasteiger partial charge in [-0.05, 0) is 5.56 Å². The van der Waals surface area contributed by atoms with Gasteiger partial charge in [-0.15, -0.1) is 0 Å². The molecule has 2 N–H and O–H groups in total. The van der Waals surface area contributed by atoms with Crippen LogP contribution >= 0.6 is 0 Å². The van der Waals surface area contributed by atoms with Crippen LogP contribution in [-0.2, 0) is 4.79 Å². The first-order chi connectivity index (χ1) is 9.69. The molecular formula is C13H15F3N2O3. The third-order valence-electron chi connectivity index (χ3n) is 2.64. The number of urea groups is 1. The Morgan fingerprint density at radius 1 is 1.29 bits per heavy atom. The van der Waals surface area contributed by atoms with E-state index in [0.717, 1.165) is 7.05 Å². The molecule has 5 nitrogen and oxygen atoms in total. The number of hydrogen-bond donors (Lipinski definition) is 2. The molecule has 0 bridgehead atoms. The van der Waals surface area contributed by atoms with E-state index in [4.69, 9.17) is 5.11 Å². The molecule has 2 amide bonds. The van der Waals surface area contributed by atoms with Gasteiger partial charge in [0.1, 0.15) is 6.54 Å². The summed E-state index contributed by atoms with van der Waals surface area (Å²) < 4.78 is 36.7. The van der Waals surface area contributed by atoms with Crippen molar-refractivity contribution < 1.29 is 27.9 Å². The van der Waals surface area contributed by atoms with Crippen LogP contribution in [0.4, 0.5) is 18.0 Å².